The third-order valence-corrected chi connectivity index (χ3v) is 5.39. The highest BCUT2D eigenvalue weighted by Gasteiger charge is 2.22. The summed E-state index contributed by atoms with van der Waals surface area (Å²) in [5.41, 5.74) is 3.37. The fraction of sp³-hybridized carbons (Fsp3) is 0.333. The monoisotopic (exact) mass is 437 g/mol. The van der Waals surface area contributed by atoms with Crippen LogP contribution >= 0.6 is 0 Å². The zero-order valence-corrected chi connectivity index (χ0v) is 18.2. The van der Waals surface area contributed by atoms with Gasteiger partial charge in [0.2, 0.25) is 0 Å². The highest BCUT2D eigenvalue weighted by Crippen LogP contribution is 2.35. The van der Waals surface area contributed by atoms with Gasteiger partial charge in [0.15, 0.2) is 0 Å². The van der Waals surface area contributed by atoms with Gasteiger partial charge in [0.1, 0.15) is 24.2 Å². The highest BCUT2D eigenvalue weighted by molar-refractivity contribution is 5.90. The second-order valence-electron chi connectivity index (χ2n) is 7.56. The third-order valence-electron chi connectivity index (χ3n) is 5.39. The van der Waals surface area contributed by atoms with Gasteiger partial charge in [-0.2, -0.15) is 5.10 Å². The van der Waals surface area contributed by atoms with Crippen LogP contribution in [0.15, 0.2) is 54.9 Å². The maximum Gasteiger partial charge on any atom is 0.414 e. The molecule has 8 heteroatoms. The van der Waals surface area contributed by atoms with E-state index in [4.69, 9.17) is 18.9 Å². The van der Waals surface area contributed by atoms with Gasteiger partial charge in [0.25, 0.3) is 0 Å². The molecule has 1 N–H and O–H groups in total. The Morgan fingerprint density at radius 1 is 1.19 bits per heavy atom. The molecule has 0 unspecified atom stereocenters. The molecule has 3 aromatic rings. The van der Waals surface area contributed by atoms with E-state index in [0.717, 1.165) is 29.5 Å². The summed E-state index contributed by atoms with van der Waals surface area (Å²) in [7, 11) is 3.28. The van der Waals surface area contributed by atoms with Crippen molar-refractivity contribution in [1.29, 1.82) is 0 Å². The lowest BCUT2D eigenvalue weighted by atomic mass is 10.1. The lowest BCUT2D eigenvalue weighted by Crippen LogP contribution is -2.29. The number of nitrogens with zero attached hydrogens (tertiary/aromatic N) is 2. The second-order valence-corrected chi connectivity index (χ2v) is 7.56. The van der Waals surface area contributed by atoms with Crippen LogP contribution in [0, 0.1) is 0 Å². The van der Waals surface area contributed by atoms with E-state index in [1.54, 1.807) is 20.4 Å². The Morgan fingerprint density at radius 2 is 2.03 bits per heavy atom. The standard InChI is InChI=1S/C24H27N3O5/c1-27(24(28)31-16-17-4-3-5-21(12-17)29-2)22-7-6-18(19-14-25-26-15-19)13-23(22)32-20-8-10-30-11-9-20/h3-7,12-15,20H,8-11,16H2,1-2H3,(H,25,26). The molecule has 0 spiro atoms. The van der Waals surface area contributed by atoms with Crippen LogP contribution in [0.1, 0.15) is 18.4 Å². The number of amides is 1. The maximum absolute atomic E-state index is 12.8. The first-order chi connectivity index (χ1) is 15.6. The number of benzene rings is 2. The molecule has 0 bridgehead atoms. The molecule has 168 valence electrons. The van der Waals surface area contributed by atoms with E-state index in [0.29, 0.717) is 30.4 Å². The zero-order chi connectivity index (χ0) is 22.3. The van der Waals surface area contributed by atoms with Crippen molar-refractivity contribution in [3.05, 3.63) is 60.4 Å². The van der Waals surface area contributed by atoms with Gasteiger partial charge in [0.05, 0.1) is 32.2 Å². The summed E-state index contributed by atoms with van der Waals surface area (Å²) in [5.74, 6) is 1.34. The molecule has 8 nitrogen and oxygen atoms in total. The number of methoxy groups -OCH3 is 1. The molecule has 1 aliphatic heterocycles. The van der Waals surface area contributed by atoms with E-state index >= 15 is 0 Å². The van der Waals surface area contributed by atoms with Crippen LogP contribution < -0.4 is 14.4 Å². The van der Waals surface area contributed by atoms with Crippen LogP contribution in [0.2, 0.25) is 0 Å². The van der Waals surface area contributed by atoms with Crippen LogP contribution in [0.5, 0.6) is 11.5 Å². The Bertz CT molecular complexity index is 1030. The predicted octanol–water partition coefficient (Wildman–Crippen LogP) is 4.42. The average Bonchev–Trinajstić information content (AvgIpc) is 3.38. The van der Waals surface area contributed by atoms with Crippen LogP contribution in [0.3, 0.4) is 0 Å². The van der Waals surface area contributed by atoms with Crippen LogP contribution in [-0.2, 0) is 16.1 Å². The Balaban J connectivity index is 1.52. The third kappa shape index (κ3) is 5.20. The number of carbonyl (C=O) groups excluding carboxylic acids is 1. The number of rotatable bonds is 7. The molecule has 1 aromatic heterocycles. The minimum atomic E-state index is -0.472. The average molecular weight is 437 g/mol. The molecule has 1 fully saturated rings. The number of aromatic nitrogens is 2. The lowest BCUT2D eigenvalue weighted by molar-refractivity contribution is 0.0257. The van der Waals surface area contributed by atoms with Crippen molar-refractivity contribution in [3.63, 3.8) is 0 Å². The van der Waals surface area contributed by atoms with Crippen molar-refractivity contribution in [1.82, 2.24) is 10.2 Å². The topological polar surface area (TPSA) is 85.9 Å². The largest absolute Gasteiger partial charge is 0.497 e. The molecule has 1 saturated heterocycles. The van der Waals surface area contributed by atoms with Gasteiger partial charge in [-0.25, -0.2) is 4.79 Å². The van der Waals surface area contributed by atoms with Crippen LogP contribution in [-0.4, -0.2) is 49.8 Å². The highest BCUT2D eigenvalue weighted by atomic mass is 16.6. The quantitative estimate of drug-likeness (QED) is 0.589. The fourth-order valence-corrected chi connectivity index (χ4v) is 3.55. The van der Waals surface area contributed by atoms with E-state index in [2.05, 4.69) is 10.2 Å². The normalized spacial score (nSPS) is 14.1. The van der Waals surface area contributed by atoms with Gasteiger partial charge in [-0.05, 0) is 35.4 Å². The Kier molecular flexibility index (Phi) is 6.91. The SMILES string of the molecule is COc1cccc(COC(=O)N(C)c2ccc(-c3cn[nH]c3)cc2OC2CCOCC2)c1. The van der Waals surface area contributed by atoms with Gasteiger partial charge < -0.3 is 18.9 Å². The van der Waals surface area contributed by atoms with E-state index < -0.39 is 6.09 Å². The van der Waals surface area contributed by atoms with Gasteiger partial charge in [-0.1, -0.05) is 18.2 Å². The summed E-state index contributed by atoms with van der Waals surface area (Å²) in [6.45, 7) is 1.48. The maximum atomic E-state index is 12.8. The first kappa shape index (κ1) is 21.7. The zero-order valence-electron chi connectivity index (χ0n) is 18.2. The van der Waals surface area contributed by atoms with Gasteiger partial charge >= 0.3 is 6.09 Å². The molecule has 32 heavy (non-hydrogen) atoms. The number of anilines is 1. The van der Waals surface area contributed by atoms with Crippen molar-refractivity contribution in [2.75, 3.05) is 32.3 Å². The number of ether oxygens (including phenoxy) is 4. The lowest BCUT2D eigenvalue weighted by Gasteiger charge is -2.27. The number of aromatic amines is 1. The molecular formula is C24H27N3O5. The van der Waals surface area contributed by atoms with Crippen molar-refractivity contribution in [2.45, 2.75) is 25.6 Å². The summed E-state index contributed by atoms with van der Waals surface area (Å²) < 4.78 is 22.5. The minimum Gasteiger partial charge on any atom is -0.497 e. The van der Waals surface area contributed by atoms with Crippen molar-refractivity contribution in [2.24, 2.45) is 0 Å². The smallest absolute Gasteiger partial charge is 0.414 e. The number of nitrogens with one attached hydrogen (secondary N) is 1. The number of hydrogen-bond donors (Lipinski definition) is 1. The number of carbonyl (C=O) groups is 1. The Labute approximate surface area is 187 Å². The van der Waals surface area contributed by atoms with Crippen molar-refractivity contribution in [3.8, 4) is 22.6 Å². The van der Waals surface area contributed by atoms with Gasteiger partial charge in [0, 0.05) is 31.6 Å². The van der Waals surface area contributed by atoms with Crippen LogP contribution in [0.4, 0.5) is 10.5 Å². The first-order valence-corrected chi connectivity index (χ1v) is 10.5. The van der Waals surface area contributed by atoms with E-state index in [1.165, 1.54) is 4.90 Å². The van der Waals surface area contributed by atoms with Gasteiger partial charge in [-0.3, -0.25) is 10.00 Å². The first-order valence-electron chi connectivity index (χ1n) is 10.5. The van der Waals surface area contributed by atoms with Crippen molar-refractivity contribution >= 4 is 11.8 Å². The molecule has 1 aliphatic rings. The molecule has 2 heterocycles. The molecular weight excluding hydrogens is 410 g/mol. The molecule has 0 saturated carbocycles. The summed E-state index contributed by atoms with van der Waals surface area (Å²) in [6, 6.07) is 13.2. The molecule has 4 rings (SSSR count). The summed E-state index contributed by atoms with van der Waals surface area (Å²) >= 11 is 0. The Morgan fingerprint density at radius 3 is 2.78 bits per heavy atom. The Hall–Kier alpha value is -3.52. The van der Waals surface area contributed by atoms with E-state index in [1.807, 2.05) is 48.7 Å². The molecule has 0 aliphatic carbocycles. The molecule has 0 atom stereocenters. The molecule has 0 radical (unpaired) electrons. The summed E-state index contributed by atoms with van der Waals surface area (Å²) in [4.78, 5) is 14.3. The van der Waals surface area contributed by atoms with Crippen molar-refractivity contribution < 1.29 is 23.7 Å². The number of hydrogen-bond acceptors (Lipinski definition) is 6. The molecule has 2 aromatic carbocycles. The molecule has 1 amide bonds. The number of H-pyrrole nitrogens is 1. The summed E-state index contributed by atoms with van der Waals surface area (Å²) in [5, 5.41) is 6.84. The van der Waals surface area contributed by atoms with E-state index in [9.17, 15) is 4.79 Å². The fourth-order valence-electron chi connectivity index (χ4n) is 3.55. The second kappa shape index (κ2) is 10.2. The van der Waals surface area contributed by atoms with Gasteiger partial charge in [-0.15, -0.1) is 0 Å². The summed E-state index contributed by atoms with van der Waals surface area (Å²) in [6.07, 6.45) is 4.74. The minimum absolute atomic E-state index is 0.0308. The van der Waals surface area contributed by atoms with Crippen LogP contribution in [0.25, 0.3) is 11.1 Å². The van der Waals surface area contributed by atoms with E-state index in [-0.39, 0.29) is 12.7 Å². The predicted molar refractivity (Wildman–Crippen MR) is 120 cm³/mol.